The molecule has 4 rings (SSSR count). The zero-order valence-electron chi connectivity index (χ0n) is 14.7. The van der Waals surface area contributed by atoms with E-state index < -0.39 is 0 Å². The molecule has 3 aromatic rings. The molecule has 0 atom stereocenters. The largest absolute Gasteiger partial charge is 0.299 e. The second kappa shape index (κ2) is 6.81. The molecular formula is C21H24N4. The molecule has 1 aromatic heterocycles. The van der Waals surface area contributed by atoms with Crippen LogP contribution in [-0.4, -0.2) is 33.2 Å². The maximum atomic E-state index is 4.28. The molecule has 4 heteroatoms. The number of likely N-dealkylation sites (tertiary alicyclic amines) is 1. The summed E-state index contributed by atoms with van der Waals surface area (Å²) < 4.78 is 0. The van der Waals surface area contributed by atoms with Gasteiger partial charge in [-0.25, -0.2) is 4.98 Å². The Labute approximate surface area is 148 Å². The Balaban J connectivity index is 1.46. The number of hydrogen-bond donors (Lipinski definition) is 1. The minimum Gasteiger partial charge on any atom is -0.299 e. The van der Waals surface area contributed by atoms with Crippen molar-refractivity contribution in [2.24, 2.45) is 0 Å². The fraction of sp³-hybridized carbons (Fsp3) is 0.333. The molecular weight excluding hydrogens is 308 g/mol. The Morgan fingerprint density at radius 1 is 1.04 bits per heavy atom. The lowest BCUT2D eigenvalue weighted by molar-refractivity contribution is 0.162. The van der Waals surface area contributed by atoms with Gasteiger partial charge in [0, 0.05) is 12.1 Å². The van der Waals surface area contributed by atoms with Crippen molar-refractivity contribution in [3.63, 3.8) is 0 Å². The number of aromatic nitrogens is 3. The van der Waals surface area contributed by atoms with Crippen LogP contribution in [0.5, 0.6) is 0 Å². The van der Waals surface area contributed by atoms with E-state index in [1.165, 1.54) is 24.0 Å². The molecule has 1 fully saturated rings. The summed E-state index contributed by atoms with van der Waals surface area (Å²) in [5.41, 5.74) is 4.11. The summed E-state index contributed by atoms with van der Waals surface area (Å²) in [5, 5.41) is 7.01. The number of H-pyrrole nitrogens is 1. The monoisotopic (exact) mass is 332 g/mol. The standard InChI is InChI=1S/C21H24N4/c1-21(19-9-5-8-18(14-19)20-22-16-23-24-20)10-12-25(13-11-21)15-17-6-3-2-4-7-17/h2-9,14,16H,10-13,15H2,1H3,(H,22,23,24). The van der Waals surface area contributed by atoms with Crippen LogP contribution >= 0.6 is 0 Å². The summed E-state index contributed by atoms with van der Waals surface area (Å²) >= 11 is 0. The Bertz CT molecular complexity index is 803. The lowest BCUT2D eigenvalue weighted by Crippen LogP contribution is -2.40. The van der Waals surface area contributed by atoms with Gasteiger partial charge in [-0.3, -0.25) is 10.00 Å². The van der Waals surface area contributed by atoms with Gasteiger partial charge in [0.15, 0.2) is 5.82 Å². The first-order chi connectivity index (χ1) is 12.2. The third-order valence-electron chi connectivity index (χ3n) is 5.44. The minimum absolute atomic E-state index is 0.222. The summed E-state index contributed by atoms with van der Waals surface area (Å²) in [4.78, 5) is 6.85. The summed E-state index contributed by atoms with van der Waals surface area (Å²) in [6.07, 6.45) is 3.99. The van der Waals surface area contributed by atoms with Crippen molar-refractivity contribution in [3.05, 3.63) is 72.1 Å². The number of rotatable bonds is 4. The van der Waals surface area contributed by atoms with Gasteiger partial charge in [-0.1, -0.05) is 55.5 Å². The van der Waals surface area contributed by atoms with Crippen LogP contribution < -0.4 is 0 Å². The zero-order valence-corrected chi connectivity index (χ0v) is 14.7. The van der Waals surface area contributed by atoms with Crippen LogP contribution in [0, 0.1) is 0 Å². The molecule has 25 heavy (non-hydrogen) atoms. The van der Waals surface area contributed by atoms with Crippen molar-refractivity contribution in [2.45, 2.75) is 31.7 Å². The van der Waals surface area contributed by atoms with Gasteiger partial charge in [0.25, 0.3) is 0 Å². The first-order valence-corrected chi connectivity index (χ1v) is 8.96. The van der Waals surface area contributed by atoms with Crippen LogP contribution in [-0.2, 0) is 12.0 Å². The van der Waals surface area contributed by atoms with Crippen molar-refractivity contribution in [1.82, 2.24) is 20.1 Å². The molecule has 0 spiro atoms. The molecule has 128 valence electrons. The smallest absolute Gasteiger partial charge is 0.180 e. The van der Waals surface area contributed by atoms with Crippen LogP contribution in [0.2, 0.25) is 0 Å². The number of aromatic amines is 1. The maximum absolute atomic E-state index is 4.28. The average Bonchev–Trinajstić information content (AvgIpc) is 3.20. The second-order valence-electron chi connectivity index (χ2n) is 7.23. The number of hydrogen-bond acceptors (Lipinski definition) is 3. The molecule has 1 aliphatic heterocycles. The fourth-order valence-electron chi connectivity index (χ4n) is 3.72. The SMILES string of the molecule is CC1(c2cccc(-c3nc[nH]n3)c2)CCN(Cc2ccccc2)CC1. The normalized spacial score (nSPS) is 17.5. The summed E-state index contributed by atoms with van der Waals surface area (Å²) in [7, 11) is 0. The van der Waals surface area contributed by atoms with Crippen molar-refractivity contribution >= 4 is 0 Å². The average molecular weight is 332 g/mol. The topological polar surface area (TPSA) is 44.8 Å². The van der Waals surface area contributed by atoms with Gasteiger partial charge in [0.2, 0.25) is 0 Å². The molecule has 4 nitrogen and oxygen atoms in total. The van der Waals surface area contributed by atoms with E-state index in [-0.39, 0.29) is 5.41 Å². The molecule has 0 unspecified atom stereocenters. The molecule has 0 aliphatic carbocycles. The van der Waals surface area contributed by atoms with Gasteiger partial charge >= 0.3 is 0 Å². The molecule has 1 aliphatic rings. The van der Waals surface area contributed by atoms with Crippen LogP contribution in [0.4, 0.5) is 0 Å². The van der Waals surface area contributed by atoms with Gasteiger partial charge in [-0.05, 0) is 48.5 Å². The predicted octanol–water partition coefficient (Wildman–Crippen LogP) is 4.03. The van der Waals surface area contributed by atoms with Gasteiger partial charge in [-0.15, -0.1) is 0 Å². The molecule has 0 radical (unpaired) electrons. The second-order valence-corrected chi connectivity index (χ2v) is 7.23. The molecule has 0 bridgehead atoms. The van der Waals surface area contributed by atoms with Crippen molar-refractivity contribution in [2.75, 3.05) is 13.1 Å². The highest BCUT2D eigenvalue weighted by molar-refractivity contribution is 5.56. The van der Waals surface area contributed by atoms with E-state index in [2.05, 4.69) is 81.6 Å². The third kappa shape index (κ3) is 3.49. The number of nitrogens with zero attached hydrogens (tertiary/aromatic N) is 3. The Hall–Kier alpha value is -2.46. The van der Waals surface area contributed by atoms with Gasteiger partial charge in [0.05, 0.1) is 0 Å². The Morgan fingerprint density at radius 2 is 1.84 bits per heavy atom. The van der Waals surface area contributed by atoms with E-state index >= 15 is 0 Å². The fourth-order valence-corrected chi connectivity index (χ4v) is 3.72. The van der Waals surface area contributed by atoms with E-state index in [0.717, 1.165) is 31.0 Å². The van der Waals surface area contributed by atoms with Gasteiger partial charge in [-0.2, -0.15) is 5.10 Å². The number of piperidine rings is 1. The summed E-state index contributed by atoms with van der Waals surface area (Å²) in [6.45, 7) is 5.71. The van der Waals surface area contributed by atoms with Crippen LogP contribution in [0.25, 0.3) is 11.4 Å². The van der Waals surface area contributed by atoms with Crippen molar-refractivity contribution in [1.29, 1.82) is 0 Å². The van der Waals surface area contributed by atoms with Crippen LogP contribution in [0.15, 0.2) is 60.9 Å². The predicted molar refractivity (Wildman–Crippen MR) is 100 cm³/mol. The lowest BCUT2D eigenvalue weighted by Gasteiger charge is -2.40. The lowest BCUT2D eigenvalue weighted by atomic mass is 9.74. The first kappa shape index (κ1) is 16.0. The molecule has 2 aromatic carbocycles. The number of benzene rings is 2. The molecule has 0 amide bonds. The highest BCUT2D eigenvalue weighted by Crippen LogP contribution is 2.36. The molecule has 2 heterocycles. The first-order valence-electron chi connectivity index (χ1n) is 8.96. The van der Waals surface area contributed by atoms with E-state index in [0.29, 0.717) is 0 Å². The minimum atomic E-state index is 0.222. The molecule has 1 N–H and O–H groups in total. The third-order valence-corrected chi connectivity index (χ3v) is 5.44. The van der Waals surface area contributed by atoms with Crippen molar-refractivity contribution in [3.8, 4) is 11.4 Å². The zero-order chi connectivity index (χ0) is 17.1. The highest BCUT2D eigenvalue weighted by atomic mass is 15.2. The van der Waals surface area contributed by atoms with E-state index in [1.54, 1.807) is 6.33 Å². The van der Waals surface area contributed by atoms with Crippen LogP contribution in [0.3, 0.4) is 0 Å². The molecule has 0 saturated carbocycles. The quantitative estimate of drug-likeness (QED) is 0.785. The van der Waals surface area contributed by atoms with E-state index in [4.69, 9.17) is 0 Å². The Morgan fingerprint density at radius 3 is 2.56 bits per heavy atom. The maximum Gasteiger partial charge on any atom is 0.180 e. The van der Waals surface area contributed by atoms with Gasteiger partial charge < -0.3 is 0 Å². The highest BCUT2D eigenvalue weighted by Gasteiger charge is 2.31. The van der Waals surface area contributed by atoms with Gasteiger partial charge in [0.1, 0.15) is 6.33 Å². The summed E-state index contributed by atoms with van der Waals surface area (Å²) in [6, 6.07) is 19.5. The van der Waals surface area contributed by atoms with Crippen LogP contribution in [0.1, 0.15) is 30.9 Å². The number of nitrogens with one attached hydrogen (secondary N) is 1. The summed E-state index contributed by atoms with van der Waals surface area (Å²) in [5.74, 6) is 0.770. The Kier molecular flexibility index (Phi) is 4.36. The van der Waals surface area contributed by atoms with Crippen molar-refractivity contribution < 1.29 is 0 Å². The van der Waals surface area contributed by atoms with E-state index in [9.17, 15) is 0 Å². The molecule has 1 saturated heterocycles. The van der Waals surface area contributed by atoms with E-state index in [1.807, 2.05) is 0 Å².